The Morgan fingerprint density at radius 2 is 2.33 bits per heavy atom. The van der Waals surface area contributed by atoms with Crippen LogP contribution >= 0.6 is 0 Å². The van der Waals surface area contributed by atoms with Crippen molar-refractivity contribution >= 4 is 10.0 Å². The standard InChI is InChI=1S/C8H16N4O2S/c1-2-12-6-8(10-7-12)15(13,14)11-5-3-4-9/h6-7,11H,2-5,9H2,1H3. The molecule has 0 saturated carbocycles. The fourth-order valence-corrected chi connectivity index (χ4v) is 2.05. The predicted molar refractivity (Wildman–Crippen MR) is 56.8 cm³/mol. The van der Waals surface area contributed by atoms with Crippen LogP contribution in [0.15, 0.2) is 17.6 Å². The SMILES string of the molecule is CCn1cnc(S(=O)(=O)NCCCN)c1. The molecule has 86 valence electrons. The monoisotopic (exact) mass is 232 g/mol. The first kappa shape index (κ1) is 12.2. The summed E-state index contributed by atoms with van der Waals surface area (Å²) in [6.07, 6.45) is 3.62. The molecule has 6 nitrogen and oxygen atoms in total. The number of imidazole rings is 1. The molecular formula is C8H16N4O2S. The quantitative estimate of drug-likeness (QED) is 0.649. The van der Waals surface area contributed by atoms with Crippen molar-refractivity contribution in [2.24, 2.45) is 5.73 Å². The molecule has 0 atom stereocenters. The summed E-state index contributed by atoms with van der Waals surface area (Å²) in [7, 11) is -3.46. The van der Waals surface area contributed by atoms with Crippen molar-refractivity contribution in [1.29, 1.82) is 0 Å². The second-order valence-electron chi connectivity index (χ2n) is 3.08. The van der Waals surface area contributed by atoms with E-state index in [2.05, 4.69) is 9.71 Å². The van der Waals surface area contributed by atoms with Crippen LogP contribution in [0.1, 0.15) is 13.3 Å². The van der Waals surface area contributed by atoms with Crippen molar-refractivity contribution in [1.82, 2.24) is 14.3 Å². The van der Waals surface area contributed by atoms with Gasteiger partial charge in [-0.05, 0) is 19.9 Å². The maximum absolute atomic E-state index is 11.6. The van der Waals surface area contributed by atoms with Gasteiger partial charge in [0.05, 0.1) is 6.33 Å². The number of nitrogens with zero attached hydrogens (tertiary/aromatic N) is 2. The Bertz CT molecular complexity index is 399. The average Bonchev–Trinajstić information content (AvgIpc) is 2.66. The van der Waals surface area contributed by atoms with Crippen LogP contribution in [0.3, 0.4) is 0 Å². The van der Waals surface area contributed by atoms with Crippen molar-refractivity contribution < 1.29 is 8.42 Å². The summed E-state index contributed by atoms with van der Waals surface area (Å²) in [5, 5.41) is 0.0568. The Hall–Kier alpha value is -0.920. The Labute approximate surface area is 89.5 Å². The fraction of sp³-hybridized carbons (Fsp3) is 0.625. The highest BCUT2D eigenvalue weighted by atomic mass is 32.2. The van der Waals surface area contributed by atoms with Gasteiger partial charge in [0.25, 0.3) is 10.0 Å². The number of hydrogen-bond donors (Lipinski definition) is 2. The summed E-state index contributed by atoms with van der Waals surface area (Å²) in [6, 6.07) is 0. The van der Waals surface area contributed by atoms with Crippen LogP contribution in [0.4, 0.5) is 0 Å². The van der Waals surface area contributed by atoms with Gasteiger partial charge in [0.1, 0.15) is 0 Å². The molecule has 0 aromatic carbocycles. The van der Waals surface area contributed by atoms with Crippen LogP contribution in [0.2, 0.25) is 0 Å². The lowest BCUT2D eigenvalue weighted by atomic mass is 10.4. The highest BCUT2D eigenvalue weighted by molar-refractivity contribution is 7.89. The summed E-state index contributed by atoms with van der Waals surface area (Å²) >= 11 is 0. The van der Waals surface area contributed by atoms with E-state index < -0.39 is 10.0 Å². The molecule has 0 aliphatic rings. The van der Waals surface area contributed by atoms with Crippen molar-refractivity contribution in [3.63, 3.8) is 0 Å². The molecule has 1 aromatic heterocycles. The number of aromatic nitrogens is 2. The molecule has 0 amide bonds. The molecule has 0 aliphatic carbocycles. The van der Waals surface area contributed by atoms with E-state index in [0.717, 1.165) is 0 Å². The summed E-state index contributed by atoms with van der Waals surface area (Å²) in [5.74, 6) is 0. The lowest BCUT2D eigenvalue weighted by molar-refractivity contribution is 0.576. The van der Waals surface area contributed by atoms with Gasteiger partial charge in [0, 0.05) is 19.3 Å². The van der Waals surface area contributed by atoms with E-state index in [0.29, 0.717) is 26.1 Å². The van der Waals surface area contributed by atoms with Gasteiger partial charge >= 0.3 is 0 Å². The number of nitrogens with one attached hydrogen (secondary N) is 1. The number of nitrogens with two attached hydrogens (primary N) is 1. The second kappa shape index (κ2) is 5.24. The highest BCUT2D eigenvalue weighted by Gasteiger charge is 2.15. The number of aryl methyl sites for hydroxylation is 1. The third-order valence-electron chi connectivity index (χ3n) is 1.92. The van der Waals surface area contributed by atoms with Crippen LogP contribution in [0, 0.1) is 0 Å². The van der Waals surface area contributed by atoms with E-state index in [1.807, 2.05) is 6.92 Å². The number of sulfonamides is 1. The van der Waals surface area contributed by atoms with Crippen molar-refractivity contribution in [3.8, 4) is 0 Å². The summed E-state index contributed by atoms with van der Waals surface area (Å²) < 4.78 is 27.4. The molecule has 0 unspecified atom stereocenters. The lowest BCUT2D eigenvalue weighted by Gasteiger charge is -2.02. The van der Waals surface area contributed by atoms with E-state index >= 15 is 0 Å². The Balaban J connectivity index is 2.68. The summed E-state index contributed by atoms with van der Waals surface area (Å²) in [4.78, 5) is 3.82. The van der Waals surface area contributed by atoms with Gasteiger partial charge in [-0.3, -0.25) is 0 Å². The zero-order chi connectivity index (χ0) is 11.3. The van der Waals surface area contributed by atoms with E-state index in [9.17, 15) is 8.42 Å². The highest BCUT2D eigenvalue weighted by Crippen LogP contribution is 2.04. The number of hydrogen-bond acceptors (Lipinski definition) is 4. The smallest absolute Gasteiger partial charge is 0.259 e. The maximum atomic E-state index is 11.6. The van der Waals surface area contributed by atoms with Gasteiger partial charge < -0.3 is 10.3 Å². The maximum Gasteiger partial charge on any atom is 0.259 e. The van der Waals surface area contributed by atoms with Gasteiger partial charge in [0.2, 0.25) is 0 Å². The van der Waals surface area contributed by atoms with Gasteiger partial charge in [-0.1, -0.05) is 0 Å². The predicted octanol–water partition coefficient (Wildman–Crippen LogP) is -0.470. The van der Waals surface area contributed by atoms with Crippen LogP contribution in [0.25, 0.3) is 0 Å². The second-order valence-corrected chi connectivity index (χ2v) is 4.80. The molecule has 1 aromatic rings. The molecule has 0 radical (unpaired) electrons. The fourth-order valence-electron chi connectivity index (χ4n) is 1.03. The Morgan fingerprint density at radius 3 is 2.87 bits per heavy atom. The molecule has 0 aliphatic heterocycles. The van der Waals surface area contributed by atoms with Gasteiger partial charge in [-0.25, -0.2) is 18.1 Å². The van der Waals surface area contributed by atoms with Gasteiger partial charge in [-0.2, -0.15) is 0 Å². The van der Waals surface area contributed by atoms with E-state index in [1.54, 1.807) is 4.57 Å². The molecule has 0 bridgehead atoms. The third kappa shape index (κ3) is 3.29. The van der Waals surface area contributed by atoms with E-state index in [-0.39, 0.29) is 5.03 Å². The summed E-state index contributed by atoms with van der Waals surface area (Å²) in [6.45, 7) is 3.43. The van der Waals surface area contributed by atoms with Crippen LogP contribution in [-0.4, -0.2) is 31.1 Å². The largest absolute Gasteiger partial charge is 0.336 e. The minimum atomic E-state index is -3.46. The van der Waals surface area contributed by atoms with Crippen molar-refractivity contribution in [2.45, 2.75) is 24.9 Å². The minimum Gasteiger partial charge on any atom is -0.336 e. The molecule has 7 heteroatoms. The van der Waals surface area contributed by atoms with Crippen LogP contribution in [-0.2, 0) is 16.6 Å². The minimum absolute atomic E-state index is 0.0568. The van der Waals surface area contributed by atoms with Crippen molar-refractivity contribution in [3.05, 3.63) is 12.5 Å². The molecule has 0 fully saturated rings. The Morgan fingerprint density at radius 1 is 1.60 bits per heavy atom. The van der Waals surface area contributed by atoms with Crippen LogP contribution in [0.5, 0.6) is 0 Å². The topological polar surface area (TPSA) is 90.0 Å². The molecule has 0 spiro atoms. The zero-order valence-electron chi connectivity index (χ0n) is 8.68. The summed E-state index contributed by atoms with van der Waals surface area (Å²) in [5.41, 5.74) is 5.27. The Kier molecular flexibility index (Phi) is 4.25. The first-order valence-electron chi connectivity index (χ1n) is 4.81. The third-order valence-corrected chi connectivity index (χ3v) is 3.27. The van der Waals surface area contributed by atoms with Crippen LogP contribution < -0.4 is 10.5 Å². The molecule has 3 N–H and O–H groups in total. The molecule has 15 heavy (non-hydrogen) atoms. The van der Waals surface area contributed by atoms with Crippen molar-refractivity contribution in [2.75, 3.05) is 13.1 Å². The van der Waals surface area contributed by atoms with Gasteiger partial charge in [-0.15, -0.1) is 0 Å². The molecular weight excluding hydrogens is 216 g/mol. The normalized spacial score (nSPS) is 11.9. The lowest BCUT2D eigenvalue weighted by Crippen LogP contribution is -2.26. The first-order valence-corrected chi connectivity index (χ1v) is 6.30. The average molecular weight is 232 g/mol. The van der Waals surface area contributed by atoms with E-state index in [1.165, 1.54) is 12.5 Å². The molecule has 1 heterocycles. The number of rotatable bonds is 6. The zero-order valence-corrected chi connectivity index (χ0v) is 9.50. The first-order chi connectivity index (χ1) is 7.10. The molecule has 0 saturated heterocycles. The van der Waals surface area contributed by atoms with E-state index in [4.69, 9.17) is 5.73 Å². The van der Waals surface area contributed by atoms with Gasteiger partial charge in [0.15, 0.2) is 5.03 Å². The molecule has 1 rings (SSSR count).